The number of aromatic nitrogens is 2. The van der Waals surface area contributed by atoms with Crippen molar-refractivity contribution in [2.75, 3.05) is 0 Å². The lowest BCUT2D eigenvalue weighted by Gasteiger charge is -2.10. The maximum Gasteiger partial charge on any atom is 0.229 e. The summed E-state index contributed by atoms with van der Waals surface area (Å²) in [5.41, 5.74) is 0. The van der Waals surface area contributed by atoms with Gasteiger partial charge in [-0.05, 0) is 0 Å². The second-order valence-corrected chi connectivity index (χ2v) is 3.08. The average Bonchev–Trinajstić information content (AvgIpc) is 2.72. The van der Waals surface area contributed by atoms with Gasteiger partial charge in [0.2, 0.25) is 11.8 Å². The summed E-state index contributed by atoms with van der Waals surface area (Å²) >= 11 is 0. The Morgan fingerprint density at radius 3 is 1.75 bits per heavy atom. The summed E-state index contributed by atoms with van der Waals surface area (Å²) in [5.74, 6) is -0.959. The van der Waals surface area contributed by atoms with Crippen LogP contribution in [-0.4, -0.2) is 29.7 Å². The summed E-state index contributed by atoms with van der Waals surface area (Å²) in [5, 5.41) is 37.1. The summed E-state index contributed by atoms with van der Waals surface area (Å²) in [7, 11) is 0. The monoisotopic (exact) mass is 226 g/mol. The highest BCUT2D eigenvalue weighted by Crippen LogP contribution is 2.22. The fourth-order valence-corrected chi connectivity index (χ4v) is 1.23. The van der Waals surface area contributed by atoms with Crippen LogP contribution >= 0.6 is 0 Å². The molecule has 86 valence electrons. The maximum absolute atomic E-state index is 9.29. The molecule has 0 saturated heterocycles. The molecular weight excluding hydrogens is 216 g/mol. The zero-order valence-electron chi connectivity index (χ0n) is 8.11. The lowest BCUT2D eigenvalue weighted by molar-refractivity contribution is 0.0259. The molecule has 2 heterocycles. The molecule has 0 fully saturated rings. The van der Waals surface area contributed by atoms with Gasteiger partial charge in [0.05, 0.1) is 0 Å². The van der Waals surface area contributed by atoms with Gasteiger partial charge in [-0.1, -0.05) is 0 Å². The van der Waals surface area contributed by atoms with Crippen LogP contribution in [-0.2, 0) is 6.73 Å². The first-order chi connectivity index (χ1) is 7.59. The van der Waals surface area contributed by atoms with Gasteiger partial charge in [0.1, 0.15) is 0 Å². The Balaban J connectivity index is 2.14. The Bertz CT molecular complexity index is 417. The van der Waals surface area contributed by atoms with Crippen molar-refractivity contribution in [3.05, 3.63) is 24.3 Å². The van der Waals surface area contributed by atoms with Gasteiger partial charge in [-0.3, -0.25) is 0 Å². The van der Waals surface area contributed by atoms with E-state index < -0.39 is 0 Å². The number of hydrogen-bond acceptors (Lipinski definition) is 5. The first kappa shape index (κ1) is 10.1. The second kappa shape index (κ2) is 3.61. The molecule has 7 nitrogen and oxygen atoms in total. The first-order valence-electron chi connectivity index (χ1n) is 4.40. The van der Waals surface area contributed by atoms with Crippen molar-refractivity contribution in [2.45, 2.75) is 6.73 Å². The van der Waals surface area contributed by atoms with Crippen LogP contribution in [0.2, 0.25) is 0 Å². The topological polar surface area (TPSA) is 100 Å². The summed E-state index contributed by atoms with van der Waals surface area (Å²) in [6, 6.07) is 5.05. The molecule has 0 spiro atoms. The third-order valence-electron chi connectivity index (χ3n) is 2.05. The van der Waals surface area contributed by atoms with Crippen molar-refractivity contribution in [1.82, 2.24) is 9.30 Å². The highest BCUT2D eigenvalue weighted by molar-refractivity contribution is 5.24. The zero-order valence-corrected chi connectivity index (χ0v) is 8.11. The van der Waals surface area contributed by atoms with E-state index in [4.69, 9.17) is 4.84 Å². The van der Waals surface area contributed by atoms with Gasteiger partial charge < -0.3 is 25.3 Å². The van der Waals surface area contributed by atoms with Crippen LogP contribution in [0.3, 0.4) is 0 Å². The van der Waals surface area contributed by atoms with Gasteiger partial charge in [0.25, 0.3) is 0 Å². The van der Waals surface area contributed by atoms with Crippen molar-refractivity contribution in [3.63, 3.8) is 0 Å². The molecule has 4 N–H and O–H groups in total. The second-order valence-electron chi connectivity index (χ2n) is 3.08. The third kappa shape index (κ3) is 1.58. The van der Waals surface area contributed by atoms with E-state index in [9.17, 15) is 20.4 Å². The molecule has 0 atom stereocenters. The van der Waals surface area contributed by atoms with Crippen LogP contribution in [0, 0.1) is 0 Å². The number of hydrogen-bond donors (Lipinski definition) is 4. The molecule has 16 heavy (non-hydrogen) atoms. The van der Waals surface area contributed by atoms with Crippen molar-refractivity contribution in [3.8, 4) is 23.5 Å². The minimum atomic E-state index is -0.288. The van der Waals surface area contributed by atoms with Crippen LogP contribution in [0.4, 0.5) is 0 Å². The van der Waals surface area contributed by atoms with Crippen molar-refractivity contribution in [2.24, 2.45) is 0 Å². The standard InChI is InChI=1S/C9H10N2O5/c12-6-1-2-7(13)10(6)5-16-11-8(14)3-4-9(11)15/h1-4,12-15H,5H2. The number of aromatic hydroxyl groups is 4. The fraction of sp³-hybridized carbons (Fsp3) is 0.111. The molecule has 7 heteroatoms. The molecule has 0 saturated carbocycles. The molecule has 2 aromatic rings. The Labute approximate surface area is 89.9 Å². The SMILES string of the molecule is Oc1ccc(O)n1COn1c(O)ccc1O. The van der Waals surface area contributed by atoms with Crippen LogP contribution in [0.15, 0.2) is 24.3 Å². The van der Waals surface area contributed by atoms with Gasteiger partial charge in [0.15, 0.2) is 18.5 Å². The Hall–Kier alpha value is -2.44. The molecule has 2 rings (SSSR count). The summed E-state index contributed by atoms with van der Waals surface area (Å²) in [4.78, 5) is 4.97. The van der Waals surface area contributed by atoms with Crippen LogP contribution in [0.1, 0.15) is 0 Å². The quantitative estimate of drug-likeness (QED) is 0.599. The van der Waals surface area contributed by atoms with E-state index in [0.717, 1.165) is 9.30 Å². The Morgan fingerprint density at radius 2 is 1.25 bits per heavy atom. The van der Waals surface area contributed by atoms with Crippen LogP contribution in [0.5, 0.6) is 23.5 Å². The van der Waals surface area contributed by atoms with Gasteiger partial charge in [-0.2, -0.15) is 0 Å². The van der Waals surface area contributed by atoms with Crippen molar-refractivity contribution in [1.29, 1.82) is 0 Å². The summed E-state index contributed by atoms with van der Waals surface area (Å²) < 4.78 is 1.80. The first-order valence-corrected chi connectivity index (χ1v) is 4.40. The minimum absolute atomic E-state index is 0.191. The van der Waals surface area contributed by atoms with Crippen LogP contribution < -0.4 is 4.84 Å². The predicted molar refractivity (Wildman–Crippen MR) is 52.1 cm³/mol. The highest BCUT2D eigenvalue weighted by Gasteiger charge is 2.10. The maximum atomic E-state index is 9.29. The van der Waals surface area contributed by atoms with Gasteiger partial charge >= 0.3 is 0 Å². The minimum Gasteiger partial charge on any atom is -0.494 e. The van der Waals surface area contributed by atoms with E-state index in [-0.39, 0.29) is 30.3 Å². The Morgan fingerprint density at radius 1 is 0.812 bits per heavy atom. The largest absolute Gasteiger partial charge is 0.494 e. The molecular formula is C9H10N2O5. The molecule has 2 aromatic heterocycles. The van der Waals surface area contributed by atoms with Crippen LogP contribution in [0.25, 0.3) is 0 Å². The molecule has 0 aromatic carbocycles. The molecule has 0 amide bonds. The lowest BCUT2D eigenvalue weighted by Crippen LogP contribution is -2.14. The summed E-state index contributed by atoms with van der Waals surface area (Å²) in [6.45, 7) is -0.263. The average molecular weight is 226 g/mol. The third-order valence-corrected chi connectivity index (χ3v) is 2.05. The normalized spacial score (nSPS) is 10.5. The molecule has 0 unspecified atom stereocenters. The van der Waals surface area contributed by atoms with E-state index in [0.29, 0.717) is 0 Å². The van der Waals surface area contributed by atoms with Gasteiger partial charge in [-0.15, -0.1) is 4.73 Å². The smallest absolute Gasteiger partial charge is 0.229 e. The Kier molecular flexibility index (Phi) is 2.28. The van der Waals surface area contributed by atoms with E-state index in [1.54, 1.807) is 0 Å². The van der Waals surface area contributed by atoms with E-state index in [2.05, 4.69) is 0 Å². The van der Waals surface area contributed by atoms with E-state index in [1.807, 2.05) is 0 Å². The zero-order chi connectivity index (χ0) is 11.7. The van der Waals surface area contributed by atoms with E-state index in [1.165, 1.54) is 24.3 Å². The molecule has 0 aliphatic carbocycles. The van der Waals surface area contributed by atoms with Crippen molar-refractivity contribution >= 4 is 0 Å². The molecule has 0 aliphatic rings. The number of rotatable bonds is 3. The summed E-state index contributed by atoms with van der Waals surface area (Å²) in [6.07, 6.45) is 0. The molecule has 0 aliphatic heterocycles. The number of nitrogens with zero attached hydrogens (tertiary/aromatic N) is 2. The van der Waals surface area contributed by atoms with Gasteiger partial charge in [-0.25, -0.2) is 4.57 Å². The lowest BCUT2D eigenvalue weighted by atomic mass is 10.6. The highest BCUT2D eigenvalue weighted by atomic mass is 16.7. The predicted octanol–water partition coefficient (Wildman–Crippen LogP) is 0.198. The fourth-order valence-electron chi connectivity index (χ4n) is 1.23. The van der Waals surface area contributed by atoms with Crippen molar-refractivity contribution < 1.29 is 25.3 Å². The van der Waals surface area contributed by atoms with E-state index >= 15 is 0 Å². The molecule has 0 bridgehead atoms. The van der Waals surface area contributed by atoms with Gasteiger partial charge in [0, 0.05) is 24.3 Å². The molecule has 0 radical (unpaired) electrons.